The zero-order valence-corrected chi connectivity index (χ0v) is 16.2. The number of carbonyl (C=O) groups is 1. The Labute approximate surface area is 168 Å². The minimum Gasteiger partial charge on any atom is -0.506 e. The van der Waals surface area contributed by atoms with Gasteiger partial charge in [-0.15, -0.1) is 0 Å². The number of ether oxygens (including phenoxy) is 1. The summed E-state index contributed by atoms with van der Waals surface area (Å²) in [4.78, 5) is 26.6. The number of hydrogen-bond acceptors (Lipinski definition) is 6. The monoisotopic (exact) mass is 429 g/mol. The molecule has 0 saturated heterocycles. The van der Waals surface area contributed by atoms with E-state index < -0.39 is 28.0 Å². The molecule has 0 atom stereocenters. The Hall–Kier alpha value is -2.91. The van der Waals surface area contributed by atoms with Crippen LogP contribution in [0.15, 0.2) is 35.1 Å². The highest BCUT2D eigenvalue weighted by Gasteiger charge is 2.21. The Bertz CT molecular complexity index is 1000. The van der Waals surface area contributed by atoms with Gasteiger partial charge in [-0.1, -0.05) is 23.2 Å². The summed E-state index contributed by atoms with van der Waals surface area (Å²) in [5.74, 6) is -2.57. The lowest BCUT2D eigenvalue weighted by atomic mass is 10.1. The highest BCUT2D eigenvalue weighted by Crippen LogP contribution is 2.31. The van der Waals surface area contributed by atoms with Crippen LogP contribution in [-0.4, -0.2) is 33.4 Å². The summed E-state index contributed by atoms with van der Waals surface area (Å²) in [6.07, 6.45) is 3.47. The summed E-state index contributed by atoms with van der Waals surface area (Å²) in [5.41, 5.74) is -1.06. The van der Waals surface area contributed by atoms with E-state index in [1.807, 2.05) is 0 Å². The lowest BCUT2D eigenvalue weighted by Crippen LogP contribution is -2.11. The Morgan fingerprint density at radius 1 is 1.39 bits per heavy atom. The number of nitro groups is 1. The fourth-order valence-corrected chi connectivity index (χ4v) is 2.67. The third-order valence-corrected chi connectivity index (χ3v) is 4.06. The van der Waals surface area contributed by atoms with E-state index in [4.69, 9.17) is 27.9 Å². The van der Waals surface area contributed by atoms with Crippen LogP contribution in [0.3, 0.4) is 0 Å². The molecule has 148 valence electrons. The Morgan fingerprint density at radius 3 is 2.68 bits per heavy atom. The van der Waals surface area contributed by atoms with Crippen molar-refractivity contribution in [3.8, 4) is 0 Å². The van der Waals surface area contributed by atoms with Gasteiger partial charge in [0.05, 0.1) is 27.8 Å². The van der Waals surface area contributed by atoms with Crippen LogP contribution in [0.2, 0.25) is 10.0 Å². The number of halogens is 3. The van der Waals surface area contributed by atoms with Crippen LogP contribution in [0.4, 0.5) is 15.8 Å². The Kier molecular flexibility index (Phi) is 6.76. The number of hydrogen-bond donors (Lipinski definition) is 1. The quantitative estimate of drug-likeness (QED) is 0.137. The lowest BCUT2D eigenvalue weighted by Gasteiger charge is -2.09. The molecule has 0 unspecified atom stereocenters. The van der Waals surface area contributed by atoms with Crippen molar-refractivity contribution < 1.29 is 24.0 Å². The van der Waals surface area contributed by atoms with E-state index >= 15 is 0 Å². The Balaban J connectivity index is 2.60. The number of esters is 1. The molecule has 0 fully saturated rings. The van der Waals surface area contributed by atoms with Gasteiger partial charge in [-0.3, -0.25) is 10.1 Å². The maximum atomic E-state index is 13.8. The number of rotatable bonds is 6. The smallest absolute Gasteiger partial charge is 0.343 e. The first-order valence-electron chi connectivity index (χ1n) is 7.75. The molecule has 11 heteroatoms. The van der Waals surface area contributed by atoms with Gasteiger partial charge >= 0.3 is 11.7 Å². The van der Waals surface area contributed by atoms with Crippen molar-refractivity contribution in [3.63, 3.8) is 0 Å². The molecule has 0 saturated carbocycles. The molecule has 0 aliphatic rings. The van der Waals surface area contributed by atoms with E-state index in [9.17, 15) is 24.4 Å². The standard InChI is InChI=1S/C17H14Cl2FN3O5/c1-3-28-17(25)10(6-21-14-7-22(2)8-15(14)23(26)27)16(24)9-4-13(20)12(19)5-11(9)18/h4-8,24H,3H2,1-2H3/b16-10+,21-6?. The number of aliphatic hydroxyl groups excluding tert-OH is 1. The van der Waals surface area contributed by atoms with Crippen LogP contribution in [-0.2, 0) is 16.6 Å². The number of aliphatic imine (C=N–C) groups is 1. The van der Waals surface area contributed by atoms with E-state index in [2.05, 4.69) is 4.99 Å². The van der Waals surface area contributed by atoms with Gasteiger partial charge in [0.2, 0.25) is 0 Å². The fourth-order valence-electron chi connectivity index (χ4n) is 2.20. The number of benzene rings is 1. The highest BCUT2D eigenvalue weighted by molar-refractivity contribution is 6.36. The van der Waals surface area contributed by atoms with Gasteiger partial charge in [0, 0.05) is 25.0 Å². The molecular weight excluding hydrogens is 416 g/mol. The lowest BCUT2D eigenvalue weighted by molar-refractivity contribution is -0.384. The molecule has 28 heavy (non-hydrogen) atoms. The zero-order valence-electron chi connectivity index (χ0n) is 14.6. The topological polar surface area (TPSA) is 107 Å². The second-order valence-corrected chi connectivity index (χ2v) is 6.25. The molecular formula is C17H14Cl2FN3O5. The van der Waals surface area contributed by atoms with Crippen LogP contribution in [0.25, 0.3) is 5.76 Å². The molecule has 0 amide bonds. The second-order valence-electron chi connectivity index (χ2n) is 5.44. The summed E-state index contributed by atoms with van der Waals surface area (Å²) in [5, 5.41) is 21.2. The minimum atomic E-state index is -0.978. The van der Waals surface area contributed by atoms with E-state index in [0.29, 0.717) is 0 Å². The average Bonchev–Trinajstić information content (AvgIpc) is 2.99. The molecule has 1 N–H and O–H groups in total. The SMILES string of the molecule is CCOC(=O)/C(C=Nc1cn(C)cc1[N+](=O)[O-])=C(/O)c1cc(F)c(Cl)cc1Cl. The van der Waals surface area contributed by atoms with E-state index in [0.717, 1.165) is 18.3 Å². The summed E-state index contributed by atoms with van der Waals surface area (Å²) in [6, 6.07) is 1.91. The van der Waals surface area contributed by atoms with Crippen molar-refractivity contribution in [3.05, 3.63) is 61.6 Å². The predicted molar refractivity (Wildman–Crippen MR) is 103 cm³/mol. The van der Waals surface area contributed by atoms with Gasteiger partial charge in [0.1, 0.15) is 17.1 Å². The molecule has 8 nitrogen and oxygen atoms in total. The van der Waals surface area contributed by atoms with Crippen LogP contribution < -0.4 is 0 Å². The number of carbonyl (C=O) groups excluding carboxylic acids is 1. The minimum absolute atomic E-state index is 0.0162. The fraction of sp³-hybridized carbons (Fsp3) is 0.176. The summed E-state index contributed by atoms with van der Waals surface area (Å²) in [6.45, 7) is 1.53. The maximum Gasteiger partial charge on any atom is 0.343 e. The van der Waals surface area contributed by atoms with Crippen molar-refractivity contribution in [2.45, 2.75) is 6.92 Å². The summed E-state index contributed by atoms with van der Waals surface area (Å²) >= 11 is 11.6. The molecule has 0 bridgehead atoms. The van der Waals surface area contributed by atoms with Gasteiger partial charge in [-0.25, -0.2) is 14.2 Å². The van der Waals surface area contributed by atoms with E-state index in [-0.39, 0.29) is 33.6 Å². The van der Waals surface area contributed by atoms with Gasteiger partial charge in [-0.2, -0.15) is 0 Å². The molecule has 0 spiro atoms. The largest absolute Gasteiger partial charge is 0.506 e. The van der Waals surface area contributed by atoms with Crippen LogP contribution in [0, 0.1) is 15.9 Å². The zero-order chi connectivity index (χ0) is 21.0. The third kappa shape index (κ3) is 4.68. The van der Waals surface area contributed by atoms with E-state index in [1.54, 1.807) is 14.0 Å². The first-order chi connectivity index (χ1) is 13.1. The molecule has 0 radical (unpaired) electrons. The second kappa shape index (κ2) is 8.85. The summed E-state index contributed by atoms with van der Waals surface area (Å²) in [7, 11) is 1.56. The Morgan fingerprint density at radius 2 is 2.07 bits per heavy atom. The normalized spacial score (nSPS) is 12.2. The first-order valence-corrected chi connectivity index (χ1v) is 8.51. The van der Waals surface area contributed by atoms with E-state index in [1.165, 1.54) is 17.0 Å². The molecule has 2 rings (SSSR count). The van der Waals surface area contributed by atoms with Gasteiger partial charge in [-0.05, 0) is 19.1 Å². The number of nitrogens with zero attached hydrogens (tertiary/aromatic N) is 3. The molecule has 0 aliphatic heterocycles. The molecule has 1 heterocycles. The molecule has 0 aliphatic carbocycles. The van der Waals surface area contributed by atoms with Crippen molar-refractivity contribution in [2.24, 2.45) is 12.0 Å². The number of aliphatic hydroxyl groups is 1. The highest BCUT2D eigenvalue weighted by atomic mass is 35.5. The van der Waals surface area contributed by atoms with Crippen LogP contribution in [0.5, 0.6) is 0 Å². The van der Waals surface area contributed by atoms with Gasteiger partial charge < -0.3 is 14.4 Å². The molecule has 1 aromatic carbocycles. The first kappa shape index (κ1) is 21.4. The predicted octanol–water partition coefficient (Wildman–Crippen LogP) is 4.61. The number of aromatic nitrogens is 1. The maximum absolute atomic E-state index is 13.8. The number of aryl methyl sites for hydroxylation is 1. The molecule has 2 aromatic rings. The van der Waals surface area contributed by atoms with Gasteiger partial charge in [0.25, 0.3) is 0 Å². The van der Waals surface area contributed by atoms with Crippen LogP contribution in [0.1, 0.15) is 12.5 Å². The average molecular weight is 430 g/mol. The van der Waals surface area contributed by atoms with Crippen LogP contribution >= 0.6 is 23.2 Å². The van der Waals surface area contributed by atoms with Crippen molar-refractivity contribution in [2.75, 3.05) is 6.61 Å². The van der Waals surface area contributed by atoms with Crippen molar-refractivity contribution >= 4 is 52.5 Å². The summed E-state index contributed by atoms with van der Waals surface area (Å²) < 4.78 is 20.0. The molecule has 1 aromatic heterocycles. The van der Waals surface area contributed by atoms with Crippen molar-refractivity contribution in [1.82, 2.24) is 4.57 Å². The van der Waals surface area contributed by atoms with Gasteiger partial charge in [0.15, 0.2) is 5.69 Å². The van der Waals surface area contributed by atoms with Crippen molar-refractivity contribution in [1.29, 1.82) is 0 Å². The third-order valence-electron chi connectivity index (χ3n) is 3.46.